The zero-order valence-electron chi connectivity index (χ0n) is 11.5. The zero-order valence-corrected chi connectivity index (χ0v) is 11.5. The van der Waals surface area contributed by atoms with E-state index in [1.54, 1.807) is 0 Å². The highest BCUT2D eigenvalue weighted by Crippen LogP contribution is 2.19. The Bertz CT molecular complexity index is 517. The summed E-state index contributed by atoms with van der Waals surface area (Å²) in [5.74, 6) is 0.874. The molecule has 0 fully saturated rings. The van der Waals surface area contributed by atoms with E-state index in [1.165, 1.54) is 0 Å². The van der Waals surface area contributed by atoms with Crippen molar-refractivity contribution in [2.24, 2.45) is 7.05 Å². The lowest BCUT2D eigenvalue weighted by Gasteiger charge is -2.17. The number of hydrogen-bond donors (Lipinski definition) is 1. The summed E-state index contributed by atoms with van der Waals surface area (Å²) in [6.07, 6.45) is 4.73. The van der Waals surface area contributed by atoms with Crippen LogP contribution in [-0.4, -0.2) is 46.1 Å². The number of rotatable bonds is 5. The molecule has 0 amide bonds. The molecule has 98 valence electrons. The number of aromatic nitrogens is 3. The normalized spacial score (nSPS) is 13.2. The van der Waals surface area contributed by atoms with Crippen molar-refractivity contribution < 1.29 is 0 Å². The van der Waals surface area contributed by atoms with E-state index in [0.29, 0.717) is 6.04 Å². The Hall–Kier alpha value is -1.62. The van der Waals surface area contributed by atoms with Crippen LogP contribution in [0.5, 0.6) is 0 Å². The van der Waals surface area contributed by atoms with Gasteiger partial charge < -0.3 is 14.8 Å². The molecule has 0 aliphatic rings. The first-order valence-electron chi connectivity index (χ1n) is 6.25. The summed E-state index contributed by atoms with van der Waals surface area (Å²) in [6, 6.07) is 2.37. The Kier molecular flexibility index (Phi) is 3.81. The lowest BCUT2D eigenvalue weighted by Crippen LogP contribution is -2.23. The summed E-state index contributed by atoms with van der Waals surface area (Å²) in [5.41, 5.74) is 2.05. The summed E-state index contributed by atoms with van der Waals surface area (Å²) in [5, 5.41) is 3.44. The highest BCUT2D eigenvalue weighted by molar-refractivity contribution is 5.85. The molecule has 2 aromatic rings. The Labute approximate surface area is 108 Å². The van der Waals surface area contributed by atoms with Crippen LogP contribution in [0, 0.1) is 0 Å². The van der Waals surface area contributed by atoms with Gasteiger partial charge in [-0.15, -0.1) is 0 Å². The molecule has 0 saturated carbocycles. The molecule has 0 aliphatic carbocycles. The van der Waals surface area contributed by atoms with Crippen LogP contribution >= 0.6 is 0 Å². The monoisotopic (exact) mass is 247 g/mol. The molecular weight excluding hydrogens is 226 g/mol. The van der Waals surface area contributed by atoms with Gasteiger partial charge in [0, 0.05) is 19.3 Å². The average Bonchev–Trinajstić information content (AvgIpc) is 2.70. The predicted molar refractivity (Wildman–Crippen MR) is 74.8 cm³/mol. The zero-order chi connectivity index (χ0) is 13.1. The Balaban J connectivity index is 2.11. The predicted octanol–water partition coefficient (Wildman–Crippen LogP) is 1.72. The number of aryl methyl sites for hydroxylation is 1. The van der Waals surface area contributed by atoms with E-state index < -0.39 is 0 Å². The van der Waals surface area contributed by atoms with Crippen molar-refractivity contribution in [2.45, 2.75) is 19.4 Å². The van der Waals surface area contributed by atoms with E-state index in [0.717, 1.165) is 29.8 Å². The van der Waals surface area contributed by atoms with Crippen molar-refractivity contribution in [2.75, 3.05) is 26.0 Å². The first-order chi connectivity index (χ1) is 8.58. The molecule has 18 heavy (non-hydrogen) atoms. The summed E-state index contributed by atoms with van der Waals surface area (Å²) in [6.45, 7) is 3.24. The molecule has 5 nitrogen and oxygen atoms in total. The average molecular weight is 247 g/mol. The molecule has 1 N–H and O–H groups in total. The number of hydrogen-bond acceptors (Lipinski definition) is 4. The number of imidazole rings is 1. The molecule has 2 heterocycles. The van der Waals surface area contributed by atoms with Crippen molar-refractivity contribution in [1.82, 2.24) is 19.4 Å². The maximum atomic E-state index is 4.39. The number of nitrogens with zero attached hydrogens (tertiary/aromatic N) is 4. The van der Waals surface area contributed by atoms with E-state index in [4.69, 9.17) is 0 Å². The highest BCUT2D eigenvalue weighted by Gasteiger charge is 2.09. The van der Waals surface area contributed by atoms with Crippen LogP contribution in [0.15, 0.2) is 18.6 Å². The van der Waals surface area contributed by atoms with Gasteiger partial charge in [0.2, 0.25) is 0 Å². The third-order valence-corrected chi connectivity index (χ3v) is 3.04. The minimum absolute atomic E-state index is 0.382. The van der Waals surface area contributed by atoms with Gasteiger partial charge >= 0.3 is 0 Å². The molecule has 2 rings (SSSR count). The minimum atomic E-state index is 0.382. The smallest absolute Gasteiger partial charge is 0.154 e. The van der Waals surface area contributed by atoms with Crippen LogP contribution in [-0.2, 0) is 7.05 Å². The largest absolute Gasteiger partial charge is 0.366 e. The van der Waals surface area contributed by atoms with Crippen LogP contribution in [0.2, 0.25) is 0 Å². The second-order valence-corrected chi connectivity index (χ2v) is 5.02. The summed E-state index contributed by atoms with van der Waals surface area (Å²) in [7, 11) is 6.17. The summed E-state index contributed by atoms with van der Waals surface area (Å²) < 4.78 is 2.01. The maximum absolute atomic E-state index is 4.39. The first kappa shape index (κ1) is 12.8. The standard InChI is InChI=1S/C13H21N5/c1-10(6-8-17(2)3)16-13-12-11(5-7-14-13)18(4)9-15-12/h5,7,9-10H,6,8H2,1-4H3,(H,14,16). The van der Waals surface area contributed by atoms with Crippen LogP contribution in [0.4, 0.5) is 5.82 Å². The topological polar surface area (TPSA) is 46.0 Å². The molecular formula is C13H21N5. The fraction of sp³-hybridized carbons (Fsp3) is 0.538. The molecule has 0 aromatic carbocycles. The van der Waals surface area contributed by atoms with E-state index in [1.807, 2.05) is 30.2 Å². The molecule has 0 spiro atoms. The van der Waals surface area contributed by atoms with Crippen molar-refractivity contribution in [3.05, 3.63) is 18.6 Å². The van der Waals surface area contributed by atoms with Gasteiger partial charge in [-0.1, -0.05) is 0 Å². The SMILES string of the molecule is CC(CCN(C)C)Nc1nccc2c1ncn2C. The molecule has 1 atom stereocenters. The van der Waals surface area contributed by atoms with Crippen LogP contribution in [0.3, 0.4) is 0 Å². The molecule has 0 aliphatic heterocycles. The third-order valence-electron chi connectivity index (χ3n) is 3.04. The van der Waals surface area contributed by atoms with Crippen molar-refractivity contribution in [3.63, 3.8) is 0 Å². The minimum Gasteiger partial charge on any atom is -0.366 e. The fourth-order valence-electron chi connectivity index (χ4n) is 1.93. The van der Waals surface area contributed by atoms with Gasteiger partial charge in [0.05, 0.1) is 11.8 Å². The molecule has 0 radical (unpaired) electrons. The van der Waals surface area contributed by atoms with Gasteiger partial charge in [0.25, 0.3) is 0 Å². The Morgan fingerprint density at radius 3 is 2.89 bits per heavy atom. The Morgan fingerprint density at radius 2 is 2.17 bits per heavy atom. The molecule has 0 saturated heterocycles. The van der Waals surface area contributed by atoms with E-state index in [9.17, 15) is 0 Å². The Morgan fingerprint density at radius 1 is 1.39 bits per heavy atom. The summed E-state index contributed by atoms with van der Waals surface area (Å²) in [4.78, 5) is 11.0. The molecule has 5 heteroatoms. The number of fused-ring (bicyclic) bond motifs is 1. The van der Waals surface area contributed by atoms with E-state index in [-0.39, 0.29) is 0 Å². The van der Waals surface area contributed by atoms with Gasteiger partial charge in [-0.2, -0.15) is 0 Å². The molecule has 0 bridgehead atoms. The summed E-state index contributed by atoms with van der Waals surface area (Å²) >= 11 is 0. The van der Waals surface area contributed by atoms with Crippen molar-refractivity contribution in [3.8, 4) is 0 Å². The lowest BCUT2D eigenvalue weighted by molar-refractivity contribution is 0.390. The lowest BCUT2D eigenvalue weighted by atomic mass is 10.2. The number of pyridine rings is 1. The second-order valence-electron chi connectivity index (χ2n) is 5.02. The van der Waals surface area contributed by atoms with E-state index in [2.05, 4.69) is 41.2 Å². The quantitative estimate of drug-likeness (QED) is 0.874. The first-order valence-corrected chi connectivity index (χ1v) is 6.25. The van der Waals surface area contributed by atoms with Gasteiger partial charge in [-0.3, -0.25) is 0 Å². The van der Waals surface area contributed by atoms with Gasteiger partial charge in [0.1, 0.15) is 5.52 Å². The number of nitrogens with one attached hydrogen (secondary N) is 1. The van der Waals surface area contributed by atoms with Gasteiger partial charge in [0.15, 0.2) is 5.82 Å². The van der Waals surface area contributed by atoms with Gasteiger partial charge in [-0.05, 0) is 40.1 Å². The van der Waals surface area contributed by atoms with Crippen LogP contribution in [0.25, 0.3) is 11.0 Å². The highest BCUT2D eigenvalue weighted by atomic mass is 15.1. The third kappa shape index (κ3) is 2.79. The van der Waals surface area contributed by atoms with Crippen molar-refractivity contribution >= 4 is 16.9 Å². The maximum Gasteiger partial charge on any atom is 0.154 e. The van der Waals surface area contributed by atoms with E-state index >= 15 is 0 Å². The number of anilines is 1. The van der Waals surface area contributed by atoms with Gasteiger partial charge in [-0.25, -0.2) is 9.97 Å². The second kappa shape index (κ2) is 5.35. The fourth-order valence-corrected chi connectivity index (χ4v) is 1.93. The van der Waals surface area contributed by atoms with Crippen LogP contribution < -0.4 is 5.32 Å². The molecule has 1 unspecified atom stereocenters. The van der Waals surface area contributed by atoms with Crippen molar-refractivity contribution in [1.29, 1.82) is 0 Å². The molecule has 2 aromatic heterocycles. The van der Waals surface area contributed by atoms with Crippen LogP contribution in [0.1, 0.15) is 13.3 Å².